The van der Waals surface area contributed by atoms with Crippen molar-refractivity contribution in [2.45, 2.75) is 13.0 Å². The Labute approximate surface area is 152 Å². The zero-order valence-electron chi connectivity index (χ0n) is 15.4. The molecule has 2 heterocycles. The lowest BCUT2D eigenvalue weighted by Gasteiger charge is -2.27. The highest BCUT2D eigenvalue weighted by atomic mass is 16.5. The van der Waals surface area contributed by atoms with E-state index in [0.717, 1.165) is 27.9 Å². The first-order valence-electron chi connectivity index (χ1n) is 8.40. The van der Waals surface area contributed by atoms with Gasteiger partial charge in [-0.05, 0) is 42.8 Å². The highest BCUT2D eigenvalue weighted by Gasteiger charge is 2.26. The minimum absolute atomic E-state index is 0.106. The quantitative estimate of drug-likeness (QED) is 0.738. The molecule has 26 heavy (non-hydrogen) atoms. The number of aryl methyl sites for hydroxylation is 1. The Hall–Kier alpha value is -2.86. The van der Waals surface area contributed by atoms with Crippen molar-refractivity contribution in [3.8, 4) is 5.75 Å². The number of amides is 1. The molecule has 0 aliphatic carbocycles. The number of ether oxygens (including phenoxy) is 2. The average Bonchev–Trinajstić information content (AvgIpc) is 3.01. The smallest absolute Gasteiger partial charge is 0.270 e. The second-order valence-corrected chi connectivity index (χ2v) is 6.18. The lowest BCUT2D eigenvalue weighted by atomic mass is 10.1. The van der Waals surface area contributed by atoms with E-state index in [0.29, 0.717) is 12.3 Å². The van der Waals surface area contributed by atoms with Gasteiger partial charge in [-0.2, -0.15) is 0 Å². The number of aromatic amines is 1. The summed E-state index contributed by atoms with van der Waals surface area (Å²) in [6.07, 6.45) is 1.72. The molecule has 0 aliphatic rings. The van der Waals surface area contributed by atoms with Crippen molar-refractivity contribution in [2.75, 3.05) is 27.9 Å². The Morgan fingerprint density at radius 1 is 1.27 bits per heavy atom. The summed E-state index contributed by atoms with van der Waals surface area (Å²) in [5.74, 6) is 0.656. The molecule has 2 aromatic heterocycles. The Kier molecular flexibility index (Phi) is 5.23. The van der Waals surface area contributed by atoms with Gasteiger partial charge >= 0.3 is 0 Å². The molecular formula is C20H23N3O3. The van der Waals surface area contributed by atoms with Crippen LogP contribution < -0.4 is 4.74 Å². The SMILES string of the molecule is COC[C@H](c1ccccn1)N(C)C(=O)c1[nH]c2ccc(OC)cc2c1C. The number of pyridine rings is 1. The van der Waals surface area contributed by atoms with Crippen LogP contribution in [0.3, 0.4) is 0 Å². The summed E-state index contributed by atoms with van der Waals surface area (Å²) in [6, 6.07) is 11.1. The predicted octanol–water partition coefficient (Wildman–Crippen LogP) is 3.34. The third-order valence-corrected chi connectivity index (χ3v) is 4.62. The summed E-state index contributed by atoms with van der Waals surface area (Å²) in [5, 5.41) is 0.974. The van der Waals surface area contributed by atoms with Gasteiger partial charge in [0.1, 0.15) is 11.4 Å². The molecular weight excluding hydrogens is 330 g/mol. The minimum atomic E-state index is -0.269. The molecule has 0 saturated heterocycles. The Bertz CT molecular complexity index is 905. The van der Waals surface area contributed by atoms with Crippen molar-refractivity contribution in [3.63, 3.8) is 0 Å². The van der Waals surface area contributed by atoms with Gasteiger partial charge in [-0.25, -0.2) is 0 Å². The van der Waals surface area contributed by atoms with E-state index in [1.54, 1.807) is 32.4 Å². The fraction of sp³-hybridized carbons (Fsp3) is 0.300. The van der Waals surface area contributed by atoms with Crippen LogP contribution in [0.1, 0.15) is 27.8 Å². The number of benzene rings is 1. The van der Waals surface area contributed by atoms with Crippen LogP contribution in [0.5, 0.6) is 5.75 Å². The topological polar surface area (TPSA) is 67.5 Å². The van der Waals surface area contributed by atoms with Gasteiger partial charge in [0.25, 0.3) is 5.91 Å². The van der Waals surface area contributed by atoms with Crippen molar-refractivity contribution in [3.05, 3.63) is 59.5 Å². The van der Waals surface area contributed by atoms with Gasteiger partial charge in [-0.3, -0.25) is 9.78 Å². The van der Waals surface area contributed by atoms with Crippen LogP contribution in [0.25, 0.3) is 10.9 Å². The van der Waals surface area contributed by atoms with Gasteiger partial charge in [-0.15, -0.1) is 0 Å². The van der Waals surface area contributed by atoms with E-state index < -0.39 is 0 Å². The van der Waals surface area contributed by atoms with Gasteiger partial charge < -0.3 is 19.4 Å². The van der Waals surface area contributed by atoms with Gasteiger partial charge in [0.15, 0.2) is 0 Å². The van der Waals surface area contributed by atoms with E-state index in [4.69, 9.17) is 9.47 Å². The monoisotopic (exact) mass is 353 g/mol. The second-order valence-electron chi connectivity index (χ2n) is 6.18. The van der Waals surface area contributed by atoms with Crippen LogP contribution in [0, 0.1) is 6.92 Å². The Balaban J connectivity index is 1.96. The number of methoxy groups -OCH3 is 2. The normalized spacial score (nSPS) is 12.2. The number of likely N-dealkylation sites (N-methyl/N-ethyl adjacent to an activating group) is 1. The first kappa shape index (κ1) is 17.9. The Morgan fingerprint density at radius 3 is 2.73 bits per heavy atom. The molecule has 6 heteroatoms. The summed E-state index contributed by atoms with van der Waals surface area (Å²) >= 11 is 0. The molecule has 0 unspecified atom stereocenters. The largest absolute Gasteiger partial charge is 0.497 e. The number of hydrogen-bond acceptors (Lipinski definition) is 4. The number of nitrogens with zero attached hydrogens (tertiary/aromatic N) is 2. The number of H-pyrrole nitrogens is 1. The molecule has 0 bridgehead atoms. The second kappa shape index (κ2) is 7.58. The van der Waals surface area contributed by atoms with E-state index >= 15 is 0 Å². The molecule has 6 nitrogen and oxygen atoms in total. The number of nitrogens with one attached hydrogen (secondary N) is 1. The fourth-order valence-corrected chi connectivity index (χ4v) is 3.09. The highest BCUT2D eigenvalue weighted by molar-refractivity contribution is 6.01. The molecule has 1 aromatic carbocycles. The molecule has 1 N–H and O–H groups in total. The van der Waals surface area contributed by atoms with Crippen molar-refractivity contribution in [2.24, 2.45) is 0 Å². The van der Waals surface area contributed by atoms with E-state index in [1.807, 2.05) is 43.3 Å². The molecule has 0 saturated carbocycles. The summed E-state index contributed by atoms with van der Waals surface area (Å²) in [6.45, 7) is 2.30. The fourth-order valence-electron chi connectivity index (χ4n) is 3.09. The first-order chi connectivity index (χ1) is 12.6. The number of rotatable bonds is 6. The van der Waals surface area contributed by atoms with Crippen molar-refractivity contribution < 1.29 is 14.3 Å². The summed E-state index contributed by atoms with van der Waals surface area (Å²) in [4.78, 5) is 22.4. The molecule has 0 fully saturated rings. The van der Waals surface area contributed by atoms with Gasteiger partial charge in [0, 0.05) is 31.3 Å². The minimum Gasteiger partial charge on any atom is -0.497 e. The lowest BCUT2D eigenvalue weighted by molar-refractivity contribution is 0.0590. The molecule has 1 amide bonds. The number of aromatic nitrogens is 2. The van der Waals surface area contributed by atoms with Crippen LogP contribution >= 0.6 is 0 Å². The number of carbonyl (C=O) groups is 1. The van der Waals surface area contributed by atoms with Crippen LogP contribution in [0.15, 0.2) is 42.6 Å². The zero-order chi connectivity index (χ0) is 18.7. The number of carbonyl (C=O) groups excluding carboxylic acids is 1. The van der Waals surface area contributed by atoms with Crippen molar-refractivity contribution in [1.29, 1.82) is 0 Å². The Morgan fingerprint density at radius 2 is 2.08 bits per heavy atom. The van der Waals surface area contributed by atoms with E-state index in [9.17, 15) is 4.79 Å². The van der Waals surface area contributed by atoms with Crippen molar-refractivity contribution >= 4 is 16.8 Å². The maximum absolute atomic E-state index is 13.2. The maximum Gasteiger partial charge on any atom is 0.270 e. The highest BCUT2D eigenvalue weighted by Crippen LogP contribution is 2.28. The van der Waals surface area contributed by atoms with Gasteiger partial charge in [-0.1, -0.05) is 6.07 Å². The molecule has 1 atom stereocenters. The standard InChI is InChI=1S/C20H23N3O3/c1-13-15-11-14(26-4)8-9-16(15)22-19(13)20(24)23(2)18(12-25-3)17-7-5-6-10-21-17/h5-11,18,22H,12H2,1-4H3/t18-/m1/s1. The van der Waals surface area contributed by atoms with Crippen molar-refractivity contribution in [1.82, 2.24) is 14.9 Å². The summed E-state index contributed by atoms with van der Waals surface area (Å²) < 4.78 is 10.6. The van der Waals surface area contributed by atoms with Crippen LogP contribution in [0.2, 0.25) is 0 Å². The van der Waals surface area contributed by atoms with Crippen LogP contribution in [0.4, 0.5) is 0 Å². The summed E-state index contributed by atoms with van der Waals surface area (Å²) in [7, 11) is 5.02. The average molecular weight is 353 g/mol. The predicted molar refractivity (Wildman–Crippen MR) is 101 cm³/mol. The molecule has 0 spiro atoms. The zero-order valence-corrected chi connectivity index (χ0v) is 15.4. The summed E-state index contributed by atoms with van der Waals surface area (Å²) in [5.41, 5.74) is 3.16. The van der Waals surface area contributed by atoms with Crippen LogP contribution in [-0.4, -0.2) is 48.6 Å². The molecule has 3 rings (SSSR count). The number of fused-ring (bicyclic) bond motifs is 1. The first-order valence-corrected chi connectivity index (χ1v) is 8.40. The molecule has 3 aromatic rings. The van der Waals surface area contributed by atoms with Gasteiger partial charge in [0.2, 0.25) is 0 Å². The molecule has 0 aliphatic heterocycles. The molecule has 0 radical (unpaired) electrons. The van der Waals surface area contributed by atoms with E-state index in [1.165, 1.54) is 0 Å². The third-order valence-electron chi connectivity index (χ3n) is 4.62. The molecule has 136 valence electrons. The van der Waals surface area contributed by atoms with E-state index in [2.05, 4.69) is 9.97 Å². The van der Waals surface area contributed by atoms with E-state index in [-0.39, 0.29) is 11.9 Å². The van der Waals surface area contributed by atoms with Gasteiger partial charge in [0.05, 0.1) is 25.5 Å². The number of hydrogen-bond donors (Lipinski definition) is 1. The third kappa shape index (κ3) is 3.28. The van der Waals surface area contributed by atoms with Crippen LogP contribution in [-0.2, 0) is 4.74 Å². The lowest BCUT2D eigenvalue weighted by Crippen LogP contribution is -2.34. The maximum atomic E-state index is 13.2.